The minimum atomic E-state index is -3.94. The molecule has 0 aliphatic rings. The molecular formula is C14H10N6O2S2. The Hall–Kier alpha value is -2.69. The van der Waals surface area contributed by atoms with Crippen LogP contribution in [0.25, 0.3) is 31.9 Å². The third kappa shape index (κ3) is 2.46. The standard InChI is InChI=1S/C14H10N6O2S2/c15-24(21,22)12-3-1-2-9(13(12)14-17-19-20-18-14)10-6-8-4-5-16-7-11(8)23-10/h1-7H,(H2,15,21,22)(H,17,18,19,20). The van der Waals surface area contributed by atoms with Crippen molar-refractivity contribution >= 4 is 31.4 Å². The zero-order valence-corrected chi connectivity index (χ0v) is 13.7. The van der Waals surface area contributed by atoms with Crippen LogP contribution in [0.15, 0.2) is 47.6 Å². The van der Waals surface area contributed by atoms with Crippen LogP contribution < -0.4 is 5.14 Å². The van der Waals surface area contributed by atoms with Crippen molar-refractivity contribution in [1.29, 1.82) is 0 Å². The van der Waals surface area contributed by atoms with E-state index in [0.717, 1.165) is 15.0 Å². The first kappa shape index (κ1) is 14.9. The summed E-state index contributed by atoms with van der Waals surface area (Å²) >= 11 is 1.50. The fourth-order valence-electron chi connectivity index (χ4n) is 2.50. The van der Waals surface area contributed by atoms with E-state index in [1.165, 1.54) is 17.4 Å². The van der Waals surface area contributed by atoms with Gasteiger partial charge in [0.2, 0.25) is 10.0 Å². The summed E-state index contributed by atoms with van der Waals surface area (Å²) in [7, 11) is -3.94. The van der Waals surface area contributed by atoms with Gasteiger partial charge in [0.05, 0.1) is 9.60 Å². The number of benzene rings is 1. The predicted octanol–water partition coefficient (Wildman–Crippen LogP) is 1.79. The van der Waals surface area contributed by atoms with Gasteiger partial charge in [0.1, 0.15) is 0 Å². The lowest BCUT2D eigenvalue weighted by Gasteiger charge is -2.09. The molecule has 0 aliphatic carbocycles. The Morgan fingerprint density at radius 2 is 2.08 bits per heavy atom. The summed E-state index contributed by atoms with van der Waals surface area (Å²) in [6, 6.07) is 8.76. The number of H-pyrrole nitrogens is 1. The zero-order valence-electron chi connectivity index (χ0n) is 12.0. The average molecular weight is 358 g/mol. The molecule has 3 aromatic heterocycles. The summed E-state index contributed by atoms with van der Waals surface area (Å²) in [6.07, 6.45) is 3.48. The van der Waals surface area contributed by atoms with Crippen molar-refractivity contribution < 1.29 is 8.42 Å². The van der Waals surface area contributed by atoms with E-state index < -0.39 is 10.0 Å². The molecule has 0 unspecified atom stereocenters. The molecule has 3 N–H and O–H groups in total. The molecule has 4 rings (SSSR count). The van der Waals surface area contributed by atoms with Gasteiger partial charge in [-0.3, -0.25) is 4.98 Å². The number of tetrazole rings is 1. The lowest BCUT2D eigenvalue weighted by molar-refractivity contribution is 0.598. The highest BCUT2D eigenvalue weighted by atomic mass is 32.2. The molecule has 10 heteroatoms. The van der Waals surface area contributed by atoms with E-state index in [0.29, 0.717) is 11.1 Å². The number of pyridine rings is 1. The van der Waals surface area contributed by atoms with Gasteiger partial charge in [-0.05, 0) is 34.0 Å². The quantitative estimate of drug-likeness (QED) is 0.575. The molecular weight excluding hydrogens is 348 g/mol. The van der Waals surface area contributed by atoms with Crippen LogP contribution in [0.2, 0.25) is 0 Å². The largest absolute Gasteiger partial charge is 0.263 e. The maximum atomic E-state index is 12.0. The minimum Gasteiger partial charge on any atom is -0.263 e. The monoisotopic (exact) mass is 358 g/mol. The van der Waals surface area contributed by atoms with E-state index in [2.05, 4.69) is 25.6 Å². The van der Waals surface area contributed by atoms with Crippen LogP contribution in [0.5, 0.6) is 0 Å². The summed E-state index contributed by atoms with van der Waals surface area (Å²) in [5, 5.41) is 19.9. The molecule has 1 aromatic carbocycles. The number of fused-ring (bicyclic) bond motifs is 1. The summed E-state index contributed by atoms with van der Waals surface area (Å²) in [5.74, 6) is 0.241. The Bertz CT molecular complexity index is 1100. The van der Waals surface area contributed by atoms with Crippen LogP contribution in [0.3, 0.4) is 0 Å². The molecule has 120 valence electrons. The number of aromatic amines is 1. The number of primary sulfonamides is 1. The lowest BCUT2D eigenvalue weighted by atomic mass is 10.1. The molecule has 8 nitrogen and oxygen atoms in total. The van der Waals surface area contributed by atoms with Crippen LogP contribution in [0, 0.1) is 0 Å². The highest BCUT2D eigenvalue weighted by molar-refractivity contribution is 7.89. The Kier molecular flexibility index (Phi) is 3.37. The van der Waals surface area contributed by atoms with Gasteiger partial charge in [-0.2, -0.15) is 0 Å². The van der Waals surface area contributed by atoms with E-state index in [9.17, 15) is 8.42 Å². The number of hydrogen-bond donors (Lipinski definition) is 2. The summed E-state index contributed by atoms with van der Waals surface area (Å²) < 4.78 is 25.0. The third-order valence-corrected chi connectivity index (χ3v) is 5.58. The van der Waals surface area contributed by atoms with Crippen LogP contribution in [0.1, 0.15) is 0 Å². The van der Waals surface area contributed by atoms with Gasteiger partial charge in [-0.15, -0.1) is 16.4 Å². The van der Waals surface area contributed by atoms with Gasteiger partial charge < -0.3 is 0 Å². The van der Waals surface area contributed by atoms with Gasteiger partial charge in [-0.25, -0.2) is 18.7 Å². The molecule has 4 aromatic rings. The number of nitrogens with two attached hydrogens (primary N) is 1. The average Bonchev–Trinajstić information content (AvgIpc) is 3.22. The number of rotatable bonds is 3. The second kappa shape index (κ2) is 5.44. The highest BCUT2D eigenvalue weighted by Crippen LogP contribution is 2.40. The molecule has 0 saturated heterocycles. The van der Waals surface area contributed by atoms with Crippen molar-refractivity contribution in [2.24, 2.45) is 5.14 Å². The van der Waals surface area contributed by atoms with E-state index in [4.69, 9.17) is 5.14 Å². The highest BCUT2D eigenvalue weighted by Gasteiger charge is 2.22. The van der Waals surface area contributed by atoms with Crippen LogP contribution >= 0.6 is 11.3 Å². The molecule has 0 atom stereocenters. The Balaban J connectivity index is 2.05. The van der Waals surface area contributed by atoms with Gasteiger partial charge in [0, 0.05) is 28.4 Å². The zero-order chi connectivity index (χ0) is 16.7. The molecule has 0 aliphatic heterocycles. The lowest BCUT2D eigenvalue weighted by Crippen LogP contribution is -2.14. The number of aromatic nitrogens is 5. The van der Waals surface area contributed by atoms with Gasteiger partial charge in [-0.1, -0.05) is 12.1 Å². The first-order valence-electron chi connectivity index (χ1n) is 6.78. The summed E-state index contributed by atoms with van der Waals surface area (Å²) in [6.45, 7) is 0. The topological polar surface area (TPSA) is 128 Å². The molecule has 0 radical (unpaired) electrons. The maximum absolute atomic E-state index is 12.0. The first-order valence-corrected chi connectivity index (χ1v) is 9.14. The Morgan fingerprint density at radius 3 is 2.79 bits per heavy atom. The van der Waals surface area contributed by atoms with Crippen molar-refractivity contribution in [3.63, 3.8) is 0 Å². The van der Waals surface area contributed by atoms with E-state index in [-0.39, 0.29) is 10.7 Å². The van der Waals surface area contributed by atoms with Gasteiger partial charge in [0.25, 0.3) is 0 Å². The molecule has 0 fully saturated rings. The molecule has 24 heavy (non-hydrogen) atoms. The SMILES string of the molecule is NS(=O)(=O)c1cccc(-c2cc3ccncc3s2)c1-c1nnn[nH]1. The van der Waals surface area contributed by atoms with E-state index in [1.54, 1.807) is 18.5 Å². The smallest absolute Gasteiger partial charge is 0.238 e. The fourth-order valence-corrected chi connectivity index (χ4v) is 4.32. The van der Waals surface area contributed by atoms with Gasteiger partial charge >= 0.3 is 0 Å². The second-order valence-corrected chi connectivity index (χ2v) is 7.61. The van der Waals surface area contributed by atoms with Crippen molar-refractivity contribution in [2.45, 2.75) is 4.90 Å². The van der Waals surface area contributed by atoms with Crippen molar-refractivity contribution in [2.75, 3.05) is 0 Å². The number of thiophene rings is 1. The van der Waals surface area contributed by atoms with E-state index in [1.807, 2.05) is 18.2 Å². The first-order chi connectivity index (χ1) is 11.5. The number of nitrogens with one attached hydrogen (secondary N) is 1. The predicted molar refractivity (Wildman–Crippen MR) is 89.6 cm³/mol. The fraction of sp³-hybridized carbons (Fsp3) is 0. The number of sulfonamides is 1. The third-order valence-electron chi connectivity index (χ3n) is 3.50. The molecule has 0 saturated carbocycles. The molecule has 3 heterocycles. The van der Waals surface area contributed by atoms with E-state index >= 15 is 0 Å². The molecule has 0 amide bonds. The number of nitrogens with zero attached hydrogens (tertiary/aromatic N) is 4. The molecule has 0 spiro atoms. The maximum Gasteiger partial charge on any atom is 0.238 e. The van der Waals surface area contributed by atoms with Crippen LogP contribution in [-0.2, 0) is 10.0 Å². The number of hydrogen-bond acceptors (Lipinski definition) is 7. The van der Waals surface area contributed by atoms with Crippen molar-refractivity contribution in [3.8, 4) is 21.8 Å². The van der Waals surface area contributed by atoms with Gasteiger partial charge in [0.15, 0.2) is 5.82 Å². The Labute approximate surface area is 140 Å². The Morgan fingerprint density at radius 1 is 1.21 bits per heavy atom. The minimum absolute atomic E-state index is 0.0332. The van der Waals surface area contributed by atoms with Crippen LogP contribution in [-0.4, -0.2) is 34.0 Å². The van der Waals surface area contributed by atoms with Crippen molar-refractivity contribution in [3.05, 3.63) is 42.7 Å². The van der Waals surface area contributed by atoms with Crippen LogP contribution in [0.4, 0.5) is 0 Å². The second-order valence-electron chi connectivity index (χ2n) is 5.00. The van der Waals surface area contributed by atoms with Crippen molar-refractivity contribution in [1.82, 2.24) is 25.6 Å². The molecule has 0 bridgehead atoms. The normalized spacial score (nSPS) is 11.9. The summed E-state index contributed by atoms with van der Waals surface area (Å²) in [4.78, 5) is 4.94. The summed E-state index contributed by atoms with van der Waals surface area (Å²) in [5.41, 5.74) is 1.03.